The average Bonchev–Trinajstić information content (AvgIpc) is 2.36. The lowest BCUT2D eigenvalue weighted by molar-refractivity contribution is -0.119. The van der Waals surface area contributed by atoms with E-state index in [-0.39, 0.29) is 24.4 Å². The van der Waals surface area contributed by atoms with Crippen molar-refractivity contribution in [3.05, 3.63) is 29.3 Å². The predicted octanol–water partition coefficient (Wildman–Crippen LogP) is 0.539. The van der Waals surface area contributed by atoms with Gasteiger partial charge in [-0.25, -0.2) is 4.79 Å². The summed E-state index contributed by atoms with van der Waals surface area (Å²) in [6.07, 6.45) is 0.920. The summed E-state index contributed by atoms with van der Waals surface area (Å²) in [6, 6.07) is 4.63. The van der Waals surface area contributed by atoms with Gasteiger partial charge < -0.3 is 15.7 Å². The summed E-state index contributed by atoms with van der Waals surface area (Å²) in [5, 5.41) is 8.94. The minimum Gasteiger partial charge on any atom is -0.478 e. The van der Waals surface area contributed by atoms with Crippen LogP contribution in [0.5, 0.6) is 0 Å². The lowest BCUT2D eigenvalue weighted by atomic mass is 9.98. The van der Waals surface area contributed by atoms with Crippen LogP contribution in [0.2, 0.25) is 0 Å². The highest BCUT2D eigenvalue weighted by molar-refractivity contribution is 5.98. The van der Waals surface area contributed by atoms with Crippen LogP contribution in [0.25, 0.3) is 0 Å². The molecule has 3 N–H and O–H groups in total. The normalized spacial score (nSPS) is 14.1. The van der Waals surface area contributed by atoms with Crippen molar-refractivity contribution in [3.63, 3.8) is 0 Å². The fourth-order valence-corrected chi connectivity index (χ4v) is 2.16. The van der Waals surface area contributed by atoms with E-state index in [4.69, 9.17) is 10.8 Å². The fraction of sp³-hybridized carbons (Fsp3) is 0.308. The van der Waals surface area contributed by atoms with Crippen molar-refractivity contribution in [2.24, 2.45) is 5.73 Å². The number of carbonyl (C=O) groups excluding carboxylic acids is 2. The number of carboxylic acid groups (broad SMARTS) is 1. The lowest BCUT2D eigenvalue weighted by Gasteiger charge is -2.29. The molecular formula is C13H14N2O4. The summed E-state index contributed by atoms with van der Waals surface area (Å²) in [5.41, 5.74) is 6.76. The highest BCUT2D eigenvalue weighted by Crippen LogP contribution is 2.28. The van der Waals surface area contributed by atoms with Crippen LogP contribution in [0.1, 0.15) is 28.8 Å². The maximum Gasteiger partial charge on any atom is 0.335 e. The van der Waals surface area contributed by atoms with Crippen LogP contribution >= 0.6 is 0 Å². The second-order valence-electron chi connectivity index (χ2n) is 4.41. The van der Waals surface area contributed by atoms with Gasteiger partial charge in [0, 0.05) is 25.1 Å². The van der Waals surface area contributed by atoms with Gasteiger partial charge in [-0.05, 0) is 30.2 Å². The van der Waals surface area contributed by atoms with Crippen molar-refractivity contribution in [1.29, 1.82) is 0 Å². The first kappa shape index (κ1) is 13.1. The van der Waals surface area contributed by atoms with Gasteiger partial charge in [0.15, 0.2) is 0 Å². The SMILES string of the molecule is NC(=O)CCN1C(=O)CCc2cc(C(=O)O)ccc21. The Labute approximate surface area is 109 Å². The zero-order valence-electron chi connectivity index (χ0n) is 10.3. The molecule has 0 fully saturated rings. The maximum absolute atomic E-state index is 11.8. The molecule has 2 amide bonds. The number of rotatable bonds is 4. The molecule has 1 aliphatic heterocycles. The van der Waals surface area contributed by atoms with Gasteiger partial charge in [0.1, 0.15) is 0 Å². The smallest absolute Gasteiger partial charge is 0.335 e. The van der Waals surface area contributed by atoms with Crippen molar-refractivity contribution in [2.75, 3.05) is 11.4 Å². The summed E-state index contributed by atoms with van der Waals surface area (Å²) >= 11 is 0. The van der Waals surface area contributed by atoms with Crippen LogP contribution in [0, 0.1) is 0 Å². The Morgan fingerprint density at radius 3 is 2.68 bits per heavy atom. The van der Waals surface area contributed by atoms with Crippen LogP contribution in [0.15, 0.2) is 18.2 Å². The molecule has 1 heterocycles. The third-order valence-corrected chi connectivity index (χ3v) is 3.11. The molecule has 0 unspecified atom stereocenters. The van der Waals surface area contributed by atoms with Crippen LogP contribution in [-0.2, 0) is 16.0 Å². The van der Waals surface area contributed by atoms with Crippen molar-refractivity contribution in [1.82, 2.24) is 0 Å². The lowest BCUT2D eigenvalue weighted by Crippen LogP contribution is -2.37. The molecule has 1 aromatic carbocycles. The van der Waals surface area contributed by atoms with Crippen molar-refractivity contribution in [2.45, 2.75) is 19.3 Å². The molecule has 0 aliphatic carbocycles. The second-order valence-corrected chi connectivity index (χ2v) is 4.41. The number of anilines is 1. The molecule has 100 valence electrons. The molecule has 2 rings (SSSR count). The Morgan fingerprint density at radius 1 is 1.32 bits per heavy atom. The third-order valence-electron chi connectivity index (χ3n) is 3.11. The quantitative estimate of drug-likeness (QED) is 0.826. The number of nitrogens with zero attached hydrogens (tertiary/aromatic N) is 1. The van der Waals surface area contributed by atoms with E-state index in [9.17, 15) is 14.4 Å². The summed E-state index contributed by atoms with van der Waals surface area (Å²) in [6.45, 7) is 0.230. The highest BCUT2D eigenvalue weighted by Gasteiger charge is 2.24. The van der Waals surface area contributed by atoms with E-state index in [0.29, 0.717) is 18.5 Å². The van der Waals surface area contributed by atoms with Gasteiger partial charge in [0.25, 0.3) is 0 Å². The molecule has 0 aromatic heterocycles. The number of amides is 2. The number of aryl methyl sites for hydroxylation is 1. The van der Waals surface area contributed by atoms with Gasteiger partial charge in [-0.2, -0.15) is 0 Å². The Kier molecular flexibility index (Phi) is 3.50. The monoisotopic (exact) mass is 262 g/mol. The fourth-order valence-electron chi connectivity index (χ4n) is 2.16. The molecule has 0 saturated heterocycles. The number of benzene rings is 1. The zero-order chi connectivity index (χ0) is 14.0. The standard InChI is InChI=1S/C13H14N2O4/c14-11(16)5-6-15-10-3-1-9(13(18)19)7-8(10)2-4-12(15)17/h1,3,7H,2,4-6H2,(H2,14,16)(H,18,19). The molecule has 0 atom stereocenters. The first-order chi connectivity index (χ1) is 8.99. The topological polar surface area (TPSA) is 101 Å². The van der Waals surface area contributed by atoms with E-state index < -0.39 is 11.9 Å². The van der Waals surface area contributed by atoms with E-state index in [1.807, 2.05) is 0 Å². The Morgan fingerprint density at radius 2 is 2.05 bits per heavy atom. The Bertz CT molecular complexity index is 554. The summed E-state index contributed by atoms with van der Waals surface area (Å²) in [7, 11) is 0. The molecule has 6 nitrogen and oxygen atoms in total. The first-order valence-electron chi connectivity index (χ1n) is 5.94. The molecule has 19 heavy (non-hydrogen) atoms. The minimum absolute atomic E-state index is 0.0724. The molecule has 1 aromatic rings. The Hall–Kier alpha value is -2.37. The van der Waals surface area contributed by atoms with E-state index in [0.717, 1.165) is 5.56 Å². The van der Waals surface area contributed by atoms with Gasteiger partial charge in [-0.3, -0.25) is 9.59 Å². The van der Waals surface area contributed by atoms with E-state index >= 15 is 0 Å². The van der Waals surface area contributed by atoms with Crippen LogP contribution in [0.4, 0.5) is 5.69 Å². The summed E-state index contributed by atoms with van der Waals surface area (Å²) < 4.78 is 0. The summed E-state index contributed by atoms with van der Waals surface area (Å²) in [4.78, 5) is 35.1. The predicted molar refractivity (Wildman–Crippen MR) is 67.9 cm³/mol. The number of hydrogen-bond acceptors (Lipinski definition) is 3. The number of carbonyl (C=O) groups is 3. The molecule has 0 bridgehead atoms. The van der Waals surface area contributed by atoms with Crippen LogP contribution in [-0.4, -0.2) is 29.4 Å². The third kappa shape index (κ3) is 2.73. The average molecular weight is 262 g/mol. The maximum atomic E-state index is 11.8. The van der Waals surface area contributed by atoms with Gasteiger partial charge >= 0.3 is 5.97 Å². The van der Waals surface area contributed by atoms with E-state index in [2.05, 4.69) is 0 Å². The molecule has 1 aliphatic rings. The number of aromatic carboxylic acids is 1. The second kappa shape index (κ2) is 5.09. The minimum atomic E-state index is -0.997. The Balaban J connectivity index is 2.31. The number of hydrogen-bond donors (Lipinski definition) is 2. The zero-order valence-corrected chi connectivity index (χ0v) is 10.3. The number of nitrogens with two attached hydrogens (primary N) is 1. The van der Waals surface area contributed by atoms with Crippen LogP contribution < -0.4 is 10.6 Å². The van der Waals surface area contributed by atoms with Gasteiger partial charge in [-0.15, -0.1) is 0 Å². The van der Waals surface area contributed by atoms with Crippen LogP contribution in [0.3, 0.4) is 0 Å². The van der Waals surface area contributed by atoms with E-state index in [1.54, 1.807) is 12.1 Å². The molecule has 6 heteroatoms. The van der Waals surface area contributed by atoms with Crippen molar-refractivity contribution < 1.29 is 19.5 Å². The molecule has 0 radical (unpaired) electrons. The molecular weight excluding hydrogens is 248 g/mol. The number of carboxylic acids is 1. The highest BCUT2D eigenvalue weighted by atomic mass is 16.4. The summed E-state index contributed by atoms with van der Waals surface area (Å²) in [5.74, 6) is -1.54. The number of fused-ring (bicyclic) bond motifs is 1. The first-order valence-corrected chi connectivity index (χ1v) is 5.94. The van der Waals surface area contributed by atoms with Gasteiger partial charge in [0.05, 0.1) is 5.56 Å². The van der Waals surface area contributed by atoms with E-state index in [1.165, 1.54) is 11.0 Å². The van der Waals surface area contributed by atoms with Gasteiger partial charge in [0.2, 0.25) is 11.8 Å². The largest absolute Gasteiger partial charge is 0.478 e. The number of primary amides is 1. The van der Waals surface area contributed by atoms with Crippen molar-refractivity contribution in [3.8, 4) is 0 Å². The van der Waals surface area contributed by atoms with Gasteiger partial charge in [-0.1, -0.05) is 0 Å². The van der Waals surface area contributed by atoms with Crippen molar-refractivity contribution >= 4 is 23.5 Å². The molecule has 0 spiro atoms. The molecule has 0 saturated carbocycles.